The highest BCUT2D eigenvalue weighted by Gasteiger charge is 2.16. The summed E-state index contributed by atoms with van der Waals surface area (Å²) in [4.78, 5) is 9.10. The van der Waals surface area contributed by atoms with Gasteiger partial charge in [-0.15, -0.1) is 24.0 Å². The van der Waals surface area contributed by atoms with Gasteiger partial charge in [-0.25, -0.2) is 4.99 Å². The summed E-state index contributed by atoms with van der Waals surface area (Å²) in [6.07, 6.45) is 0. The fourth-order valence-corrected chi connectivity index (χ4v) is 3.95. The number of nitrogens with two attached hydrogens (primary N) is 1. The zero-order valence-electron chi connectivity index (χ0n) is 13.6. The van der Waals surface area contributed by atoms with Crippen molar-refractivity contribution < 1.29 is 4.74 Å². The van der Waals surface area contributed by atoms with Gasteiger partial charge in [-0.3, -0.25) is 0 Å². The van der Waals surface area contributed by atoms with E-state index < -0.39 is 0 Å². The Hall–Kier alpha value is -0.380. The van der Waals surface area contributed by atoms with Crippen LogP contribution in [-0.4, -0.2) is 61.8 Å². The van der Waals surface area contributed by atoms with E-state index in [9.17, 15) is 0 Å². The van der Waals surface area contributed by atoms with Crippen LogP contribution in [0.3, 0.4) is 0 Å². The van der Waals surface area contributed by atoms with E-state index in [2.05, 4.69) is 20.9 Å². The van der Waals surface area contributed by atoms with E-state index in [1.165, 1.54) is 5.69 Å². The Morgan fingerprint density at radius 3 is 2.62 bits per heavy atom. The summed E-state index contributed by atoms with van der Waals surface area (Å²) in [6, 6.07) is 6.01. The number of nitrogens with zero attached hydrogens (tertiary/aromatic N) is 3. The highest BCUT2D eigenvalue weighted by molar-refractivity contribution is 14.0. The standard InChI is InChI=1S/C16H23ClN4OS.HI/c17-14-1-2-15(20-3-7-22-8-4-20)13(11-14)12-19-16(18)21-5-9-23-10-6-21;/h1-2,11H,3-10,12H2,(H2,18,19);1H. The fourth-order valence-electron chi connectivity index (χ4n) is 2.85. The second-order valence-corrected chi connectivity index (χ2v) is 7.31. The molecule has 2 fully saturated rings. The number of ether oxygens (including phenoxy) is 1. The molecule has 0 radical (unpaired) electrons. The Morgan fingerprint density at radius 1 is 1.21 bits per heavy atom. The number of morpholine rings is 1. The van der Waals surface area contributed by atoms with Crippen molar-refractivity contribution in [3.05, 3.63) is 28.8 Å². The van der Waals surface area contributed by atoms with Crippen LogP contribution in [0.25, 0.3) is 0 Å². The van der Waals surface area contributed by atoms with Gasteiger partial charge in [0.25, 0.3) is 0 Å². The third kappa shape index (κ3) is 5.31. The van der Waals surface area contributed by atoms with Gasteiger partial charge in [-0.05, 0) is 23.8 Å². The molecule has 3 rings (SSSR count). The van der Waals surface area contributed by atoms with Crippen LogP contribution in [0.15, 0.2) is 23.2 Å². The van der Waals surface area contributed by atoms with Crippen molar-refractivity contribution in [2.75, 3.05) is 55.8 Å². The van der Waals surface area contributed by atoms with Crippen molar-refractivity contribution in [1.29, 1.82) is 0 Å². The molecule has 2 saturated heterocycles. The second kappa shape index (κ2) is 9.94. The van der Waals surface area contributed by atoms with E-state index in [1.807, 2.05) is 23.9 Å². The number of anilines is 1. The van der Waals surface area contributed by atoms with Crippen molar-refractivity contribution in [3.8, 4) is 0 Å². The summed E-state index contributed by atoms with van der Waals surface area (Å²) in [7, 11) is 0. The molecule has 8 heteroatoms. The van der Waals surface area contributed by atoms with E-state index in [-0.39, 0.29) is 24.0 Å². The molecule has 1 aromatic carbocycles. The molecule has 2 aliphatic heterocycles. The molecule has 2 heterocycles. The molecule has 0 bridgehead atoms. The van der Waals surface area contributed by atoms with Crippen LogP contribution in [0.5, 0.6) is 0 Å². The lowest BCUT2D eigenvalue weighted by atomic mass is 10.1. The number of hydrogen-bond donors (Lipinski definition) is 1. The molecule has 24 heavy (non-hydrogen) atoms. The highest BCUT2D eigenvalue weighted by Crippen LogP contribution is 2.26. The molecule has 0 unspecified atom stereocenters. The largest absolute Gasteiger partial charge is 0.378 e. The average Bonchev–Trinajstić information content (AvgIpc) is 2.61. The number of thioether (sulfide) groups is 1. The van der Waals surface area contributed by atoms with Gasteiger partial charge in [0.2, 0.25) is 0 Å². The second-order valence-electron chi connectivity index (χ2n) is 5.65. The number of benzene rings is 1. The van der Waals surface area contributed by atoms with Crippen molar-refractivity contribution in [2.45, 2.75) is 6.54 Å². The maximum absolute atomic E-state index is 6.18. The Kier molecular flexibility index (Phi) is 8.25. The zero-order valence-corrected chi connectivity index (χ0v) is 17.5. The highest BCUT2D eigenvalue weighted by atomic mass is 127. The van der Waals surface area contributed by atoms with Crippen LogP contribution >= 0.6 is 47.3 Å². The van der Waals surface area contributed by atoms with Gasteiger partial charge in [0.15, 0.2) is 5.96 Å². The van der Waals surface area contributed by atoms with Gasteiger partial charge >= 0.3 is 0 Å². The van der Waals surface area contributed by atoms with E-state index >= 15 is 0 Å². The van der Waals surface area contributed by atoms with Crippen LogP contribution < -0.4 is 10.6 Å². The molecule has 5 nitrogen and oxygen atoms in total. The maximum Gasteiger partial charge on any atom is 0.191 e. The third-order valence-corrected chi connectivity index (χ3v) is 5.32. The molecule has 0 spiro atoms. The van der Waals surface area contributed by atoms with Gasteiger partial charge < -0.3 is 20.3 Å². The van der Waals surface area contributed by atoms with Crippen molar-refractivity contribution >= 4 is 59.0 Å². The van der Waals surface area contributed by atoms with E-state index in [0.717, 1.165) is 61.5 Å². The quantitative estimate of drug-likeness (QED) is 0.408. The monoisotopic (exact) mass is 482 g/mol. The predicted molar refractivity (Wildman–Crippen MR) is 114 cm³/mol. The van der Waals surface area contributed by atoms with E-state index in [4.69, 9.17) is 22.1 Å². The minimum Gasteiger partial charge on any atom is -0.378 e. The topological polar surface area (TPSA) is 54.1 Å². The SMILES string of the molecule is I.NC(=NCc1cc(Cl)ccc1N1CCOCC1)N1CCSCC1. The summed E-state index contributed by atoms with van der Waals surface area (Å²) >= 11 is 8.15. The lowest BCUT2D eigenvalue weighted by molar-refractivity contribution is 0.122. The number of rotatable bonds is 3. The van der Waals surface area contributed by atoms with E-state index in [0.29, 0.717) is 12.5 Å². The molecule has 2 aliphatic rings. The van der Waals surface area contributed by atoms with Crippen LogP contribution in [0.2, 0.25) is 5.02 Å². The summed E-state index contributed by atoms with van der Waals surface area (Å²) < 4.78 is 5.44. The Labute approximate surface area is 170 Å². The normalized spacial score (nSPS) is 19.1. The molecular weight excluding hydrogens is 459 g/mol. The molecular formula is C16H24ClIN4OS. The molecule has 1 aromatic rings. The molecule has 0 saturated carbocycles. The summed E-state index contributed by atoms with van der Waals surface area (Å²) in [5.74, 6) is 2.87. The predicted octanol–water partition coefficient (Wildman–Crippen LogP) is 2.66. The van der Waals surface area contributed by atoms with Gasteiger partial charge in [0.05, 0.1) is 19.8 Å². The maximum atomic E-state index is 6.18. The number of hydrogen-bond acceptors (Lipinski definition) is 4. The van der Waals surface area contributed by atoms with E-state index in [1.54, 1.807) is 0 Å². The number of halogens is 2. The van der Waals surface area contributed by atoms with Crippen LogP contribution in [0.4, 0.5) is 5.69 Å². The lowest BCUT2D eigenvalue weighted by Crippen LogP contribution is -2.42. The van der Waals surface area contributed by atoms with Gasteiger partial charge in [-0.2, -0.15) is 11.8 Å². The number of guanidine groups is 1. The smallest absolute Gasteiger partial charge is 0.191 e. The summed E-state index contributed by atoms with van der Waals surface area (Å²) in [6.45, 7) is 5.84. The zero-order chi connectivity index (χ0) is 16.1. The van der Waals surface area contributed by atoms with Gasteiger partial charge in [0.1, 0.15) is 0 Å². The van der Waals surface area contributed by atoms with Crippen molar-refractivity contribution in [3.63, 3.8) is 0 Å². The molecule has 0 amide bonds. The first-order valence-electron chi connectivity index (χ1n) is 7.98. The summed E-state index contributed by atoms with van der Waals surface area (Å²) in [5.41, 5.74) is 8.47. The fraction of sp³-hybridized carbons (Fsp3) is 0.562. The lowest BCUT2D eigenvalue weighted by Gasteiger charge is -2.31. The Balaban J connectivity index is 0.00000208. The van der Waals surface area contributed by atoms with Gasteiger partial charge in [0, 0.05) is 48.4 Å². The summed E-state index contributed by atoms with van der Waals surface area (Å²) in [5, 5.41) is 0.736. The Morgan fingerprint density at radius 2 is 1.92 bits per heavy atom. The van der Waals surface area contributed by atoms with Gasteiger partial charge in [-0.1, -0.05) is 11.6 Å². The first kappa shape index (κ1) is 19.9. The molecule has 0 aliphatic carbocycles. The number of aliphatic imine (C=N–C) groups is 1. The van der Waals surface area contributed by atoms with Crippen LogP contribution in [0, 0.1) is 0 Å². The Bertz CT molecular complexity index is 563. The minimum absolute atomic E-state index is 0. The first-order chi connectivity index (χ1) is 11.2. The third-order valence-electron chi connectivity index (χ3n) is 4.14. The average molecular weight is 483 g/mol. The van der Waals surface area contributed by atoms with Crippen molar-refractivity contribution in [2.24, 2.45) is 10.7 Å². The van der Waals surface area contributed by atoms with Crippen LogP contribution in [-0.2, 0) is 11.3 Å². The first-order valence-corrected chi connectivity index (χ1v) is 9.51. The van der Waals surface area contributed by atoms with Crippen LogP contribution in [0.1, 0.15) is 5.56 Å². The molecule has 134 valence electrons. The molecule has 0 atom stereocenters. The molecule has 0 aromatic heterocycles. The van der Waals surface area contributed by atoms with Crippen molar-refractivity contribution in [1.82, 2.24) is 4.90 Å². The molecule has 2 N–H and O–H groups in total. The minimum atomic E-state index is 0.